The Hall–Kier alpha value is -1.75. The molecule has 0 amide bonds. The maximum Gasteiger partial charge on any atom is 0.304 e. The SMILES string of the molecule is CC(=O)c1ccc(CNCCC(=O)O)cn1. The number of aromatic nitrogens is 1. The normalized spacial score (nSPS) is 10.1. The monoisotopic (exact) mass is 222 g/mol. The summed E-state index contributed by atoms with van der Waals surface area (Å²) in [5.41, 5.74) is 1.37. The molecule has 5 heteroatoms. The van der Waals surface area contributed by atoms with Gasteiger partial charge < -0.3 is 10.4 Å². The molecule has 5 nitrogen and oxygen atoms in total. The first-order valence-corrected chi connectivity index (χ1v) is 4.98. The number of hydrogen-bond acceptors (Lipinski definition) is 4. The predicted molar refractivity (Wildman–Crippen MR) is 58.2 cm³/mol. The van der Waals surface area contributed by atoms with Crippen LogP contribution in [0.25, 0.3) is 0 Å². The molecule has 16 heavy (non-hydrogen) atoms. The van der Waals surface area contributed by atoms with E-state index in [-0.39, 0.29) is 12.2 Å². The summed E-state index contributed by atoms with van der Waals surface area (Å²) in [5, 5.41) is 11.4. The van der Waals surface area contributed by atoms with Gasteiger partial charge in [0.15, 0.2) is 5.78 Å². The van der Waals surface area contributed by atoms with Gasteiger partial charge in [0.25, 0.3) is 0 Å². The van der Waals surface area contributed by atoms with E-state index in [0.29, 0.717) is 18.8 Å². The molecule has 1 aromatic rings. The second-order valence-electron chi connectivity index (χ2n) is 3.43. The average Bonchev–Trinajstić information content (AvgIpc) is 2.25. The van der Waals surface area contributed by atoms with Gasteiger partial charge in [-0.05, 0) is 11.6 Å². The zero-order valence-corrected chi connectivity index (χ0v) is 9.06. The zero-order valence-electron chi connectivity index (χ0n) is 9.06. The van der Waals surface area contributed by atoms with Gasteiger partial charge >= 0.3 is 5.97 Å². The Bertz CT molecular complexity index is 373. The zero-order chi connectivity index (χ0) is 12.0. The van der Waals surface area contributed by atoms with Crippen molar-refractivity contribution in [3.63, 3.8) is 0 Å². The molecule has 0 saturated heterocycles. The van der Waals surface area contributed by atoms with E-state index in [1.54, 1.807) is 18.3 Å². The lowest BCUT2D eigenvalue weighted by Crippen LogP contribution is -2.17. The van der Waals surface area contributed by atoms with Crippen molar-refractivity contribution in [1.29, 1.82) is 0 Å². The third kappa shape index (κ3) is 4.18. The highest BCUT2D eigenvalue weighted by Gasteiger charge is 2.00. The number of pyridine rings is 1. The molecule has 0 aliphatic rings. The molecule has 0 aliphatic heterocycles. The predicted octanol–water partition coefficient (Wildman–Crippen LogP) is 0.849. The average molecular weight is 222 g/mol. The Morgan fingerprint density at radius 3 is 2.69 bits per heavy atom. The second-order valence-corrected chi connectivity index (χ2v) is 3.43. The van der Waals surface area contributed by atoms with Gasteiger partial charge in [-0.15, -0.1) is 0 Å². The summed E-state index contributed by atoms with van der Waals surface area (Å²) in [6.45, 7) is 2.44. The summed E-state index contributed by atoms with van der Waals surface area (Å²) in [6, 6.07) is 3.47. The summed E-state index contributed by atoms with van der Waals surface area (Å²) in [6.07, 6.45) is 1.71. The maximum absolute atomic E-state index is 10.9. The van der Waals surface area contributed by atoms with Gasteiger partial charge in [0.2, 0.25) is 0 Å². The molecule has 1 rings (SSSR count). The Kier molecular flexibility index (Phi) is 4.60. The van der Waals surface area contributed by atoms with Crippen LogP contribution in [-0.2, 0) is 11.3 Å². The van der Waals surface area contributed by atoms with Crippen LogP contribution in [0, 0.1) is 0 Å². The number of ketones is 1. The second kappa shape index (κ2) is 5.97. The molecule has 0 radical (unpaired) electrons. The minimum Gasteiger partial charge on any atom is -0.481 e. The number of Topliss-reactive ketones (excluding diaryl/α,β-unsaturated/α-hetero) is 1. The molecule has 0 unspecified atom stereocenters. The number of carbonyl (C=O) groups is 2. The van der Waals surface area contributed by atoms with Crippen LogP contribution in [0.3, 0.4) is 0 Å². The fourth-order valence-corrected chi connectivity index (χ4v) is 1.17. The fourth-order valence-electron chi connectivity index (χ4n) is 1.17. The van der Waals surface area contributed by atoms with Crippen LogP contribution in [0.4, 0.5) is 0 Å². The van der Waals surface area contributed by atoms with Crippen molar-refractivity contribution in [3.05, 3.63) is 29.6 Å². The summed E-state index contributed by atoms with van der Waals surface area (Å²) < 4.78 is 0. The standard InChI is InChI=1S/C11H14N2O3/c1-8(14)10-3-2-9(7-13-10)6-12-5-4-11(15)16/h2-3,7,12H,4-6H2,1H3,(H,15,16). The third-order valence-electron chi connectivity index (χ3n) is 2.03. The van der Waals surface area contributed by atoms with Gasteiger partial charge in [-0.1, -0.05) is 6.07 Å². The Morgan fingerprint density at radius 2 is 2.19 bits per heavy atom. The molecule has 0 aliphatic carbocycles. The van der Waals surface area contributed by atoms with Crippen LogP contribution in [0.1, 0.15) is 29.4 Å². The summed E-state index contributed by atoms with van der Waals surface area (Å²) in [5.74, 6) is -0.886. The number of carbonyl (C=O) groups excluding carboxylic acids is 1. The quantitative estimate of drug-likeness (QED) is 0.551. The highest BCUT2D eigenvalue weighted by molar-refractivity contribution is 5.91. The first-order chi connectivity index (χ1) is 7.59. The van der Waals surface area contributed by atoms with E-state index in [1.165, 1.54) is 6.92 Å². The van der Waals surface area contributed by atoms with Crippen LogP contribution in [0.5, 0.6) is 0 Å². The van der Waals surface area contributed by atoms with Gasteiger partial charge in [0, 0.05) is 26.2 Å². The summed E-state index contributed by atoms with van der Waals surface area (Å²) in [4.78, 5) is 25.2. The van der Waals surface area contributed by atoms with Gasteiger partial charge in [-0.25, -0.2) is 0 Å². The highest BCUT2D eigenvalue weighted by Crippen LogP contribution is 2.00. The molecular weight excluding hydrogens is 208 g/mol. The lowest BCUT2D eigenvalue weighted by molar-refractivity contribution is -0.136. The van der Waals surface area contributed by atoms with Crippen molar-refractivity contribution in [2.75, 3.05) is 6.54 Å². The lowest BCUT2D eigenvalue weighted by atomic mass is 10.2. The molecule has 0 spiro atoms. The molecule has 86 valence electrons. The molecule has 1 heterocycles. The fraction of sp³-hybridized carbons (Fsp3) is 0.364. The number of rotatable bonds is 6. The molecule has 0 atom stereocenters. The van der Waals surface area contributed by atoms with Crippen molar-refractivity contribution >= 4 is 11.8 Å². The minimum atomic E-state index is -0.822. The van der Waals surface area contributed by atoms with E-state index >= 15 is 0 Å². The molecule has 0 bridgehead atoms. The van der Waals surface area contributed by atoms with Crippen LogP contribution in [0.2, 0.25) is 0 Å². The molecular formula is C11H14N2O3. The smallest absolute Gasteiger partial charge is 0.304 e. The first kappa shape index (κ1) is 12.3. The van der Waals surface area contributed by atoms with E-state index < -0.39 is 5.97 Å². The molecule has 1 aromatic heterocycles. The molecule has 0 saturated carbocycles. The van der Waals surface area contributed by atoms with Gasteiger partial charge in [0.05, 0.1) is 6.42 Å². The Balaban J connectivity index is 2.38. The number of hydrogen-bond donors (Lipinski definition) is 2. The van der Waals surface area contributed by atoms with Crippen molar-refractivity contribution in [2.45, 2.75) is 19.9 Å². The van der Waals surface area contributed by atoms with Crippen LogP contribution < -0.4 is 5.32 Å². The Labute approximate surface area is 93.5 Å². The molecule has 2 N–H and O–H groups in total. The number of carboxylic acids is 1. The van der Waals surface area contributed by atoms with Crippen LogP contribution in [-0.4, -0.2) is 28.4 Å². The van der Waals surface area contributed by atoms with Crippen molar-refractivity contribution in [1.82, 2.24) is 10.3 Å². The highest BCUT2D eigenvalue weighted by atomic mass is 16.4. The Morgan fingerprint density at radius 1 is 1.44 bits per heavy atom. The van der Waals surface area contributed by atoms with Gasteiger partial charge in [-0.3, -0.25) is 14.6 Å². The van der Waals surface area contributed by atoms with E-state index in [2.05, 4.69) is 10.3 Å². The van der Waals surface area contributed by atoms with Crippen molar-refractivity contribution < 1.29 is 14.7 Å². The summed E-state index contributed by atoms with van der Waals surface area (Å²) >= 11 is 0. The topological polar surface area (TPSA) is 79.3 Å². The largest absolute Gasteiger partial charge is 0.481 e. The van der Waals surface area contributed by atoms with E-state index in [1.807, 2.05) is 0 Å². The third-order valence-corrected chi connectivity index (χ3v) is 2.03. The van der Waals surface area contributed by atoms with Crippen LogP contribution >= 0.6 is 0 Å². The van der Waals surface area contributed by atoms with Crippen molar-refractivity contribution in [3.8, 4) is 0 Å². The number of carboxylic acid groups (broad SMARTS) is 1. The first-order valence-electron chi connectivity index (χ1n) is 4.98. The van der Waals surface area contributed by atoms with Gasteiger partial charge in [0.1, 0.15) is 5.69 Å². The van der Waals surface area contributed by atoms with Crippen LogP contribution in [0.15, 0.2) is 18.3 Å². The van der Waals surface area contributed by atoms with Gasteiger partial charge in [-0.2, -0.15) is 0 Å². The molecule has 0 aromatic carbocycles. The van der Waals surface area contributed by atoms with E-state index in [9.17, 15) is 9.59 Å². The summed E-state index contributed by atoms with van der Waals surface area (Å²) in [7, 11) is 0. The number of nitrogens with zero attached hydrogens (tertiary/aromatic N) is 1. The minimum absolute atomic E-state index is 0.0645. The van der Waals surface area contributed by atoms with Crippen molar-refractivity contribution in [2.24, 2.45) is 0 Å². The number of nitrogens with one attached hydrogen (secondary N) is 1. The molecule has 0 fully saturated rings. The van der Waals surface area contributed by atoms with E-state index in [0.717, 1.165) is 5.56 Å². The van der Waals surface area contributed by atoms with E-state index in [4.69, 9.17) is 5.11 Å². The number of aliphatic carboxylic acids is 1. The lowest BCUT2D eigenvalue weighted by Gasteiger charge is -2.03. The maximum atomic E-state index is 10.9.